The highest BCUT2D eigenvalue weighted by atomic mass is 16.6. The predicted molar refractivity (Wildman–Crippen MR) is 124 cm³/mol. The smallest absolute Gasteiger partial charge is 0.408 e. The van der Waals surface area contributed by atoms with Gasteiger partial charge in [-0.2, -0.15) is 5.46 Å². The van der Waals surface area contributed by atoms with Crippen molar-refractivity contribution in [1.29, 1.82) is 0 Å². The summed E-state index contributed by atoms with van der Waals surface area (Å²) in [6.45, 7) is 16.0. The van der Waals surface area contributed by atoms with Crippen molar-refractivity contribution < 1.29 is 28.8 Å². The highest BCUT2D eigenvalue weighted by Gasteiger charge is 2.33. The van der Waals surface area contributed by atoms with E-state index in [9.17, 15) is 14.7 Å². The van der Waals surface area contributed by atoms with E-state index < -0.39 is 42.4 Å². The number of amides is 1. The van der Waals surface area contributed by atoms with Gasteiger partial charge in [0, 0.05) is 12.0 Å². The van der Waals surface area contributed by atoms with Gasteiger partial charge < -0.3 is 24.6 Å². The molecule has 0 saturated carbocycles. The molecule has 2 N–H and O–H groups in total. The van der Waals surface area contributed by atoms with Gasteiger partial charge in [-0.1, -0.05) is 24.3 Å². The Morgan fingerprint density at radius 3 is 2.03 bits per heavy atom. The third kappa shape index (κ3) is 9.74. The minimum absolute atomic E-state index is 0.279. The zero-order chi connectivity index (χ0) is 24.0. The van der Waals surface area contributed by atoms with Crippen LogP contribution in [0.4, 0.5) is 4.79 Å². The van der Waals surface area contributed by atoms with E-state index in [-0.39, 0.29) is 12.5 Å². The van der Waals surface area contributed by atoms with Crippen molar-refractivity contribution in [2.24, 2.45) is 0 Å². The lowest BCUT2D eigenvalue weighted by atomic mass is 9.82. The fraction of sp³-hybridized carbons (Fsp3) is 0.652. The van der Waals surface area contributed by atoms with Crippen LogP contribution in [0.3, 0.4) is 0 Å². The lowest BCUT2D eigenvalue weighted by Gasteiger charge is -2.42. The molecule has 1 amide bonds. The van der Waals surface area contributed by atoms with Crippen molar-refractivity contribution in [1.82, 2.24) is 5.32 Å². The number of rotatable bonds is 9. The topological polar surface area (TPSA) is 94.1 Å². The van der Waals surface area contributed by atoms with Crippen molar-refractivity contribution in [2.75, 3.05) is 0 Å². The van der Waals surface area contributed by atoms with E-state index in [0.29, 0.717) is 0 Å². The summed E-state index contributed by atoms with van der Waals surface area (Å²) >= 11 is 0. The fourth-order valence-corrected chi connectivity index (χ4v) is 2.68. The van der Waals surface area contributed by atoms with Gasteiger partial charge in [0.1, 0.15) is 19.1 Å². The first kappa shape index (κ1) is 27.0. The van der Waals surface area contributed by atoms with Crippen molar-refractivity contribution in [3.8, 4) is 0 Å². The second kappa shape index (κ2) is 10.5. The highest BCUT2D eigenvalue weighted by molar-refractivity contribution is 6.47. The molecule has 8 heteroatoms. The molecule has 0 heterocycles. The average molecular weight is 436 g/mol. The zero-order valence-corrected chi connectivity index (χ0v) is 20.7. The minimum atomic E-state index is -0.951. The number of alkyl carbamates (subject to hydrolysis) is 1. The van der Waals surface area contributed by atoms with E-state index in [1.165, 1.54) is 0 Å². The molecule has 176 valence electrons. The molecule has 0 radical (unpaired) electrons. The van der Waals surface area contributed by atoms with Crippen LogP contribution in [0.15, 0.2) is 24.3 Å². The zero-order valence-electron chi connectivity index (χ0n) is 20.7. The summed E-state index contributed by atoms with van der Waals surface area (Å²) in [5.74, 6) is -0.506. The summed E-state index contributed by atoms with van der Waals surface area (Å²) in [6.07, 6.45) is -0.676. The highest BCUT2D eigenvalue weighted by Crippen LogP contribution is 2.24. The van der Waals surface area contributed by atoms with Gasteiger partial charge in [-0.15, -0.1) is 0 Å². The number of aliphatic hydroxyl groups is 1. The molecule has 0 bridgehead atoms. The summed E-state index contributed by atoms with van der Waals surface area (Å²) in [6, 6.07) is 6.86. The molecule has 1 atom stereocenters. The van der Waals surface area contributed by atoms with Crippen molar-refractivity contribution in [3.63, 3.8) is 0 Å². The molecule has 0 fully saturated rings. The molecule has 0 saturated heterocycles. The first-order valence-corrected chi connectivity index (χ1v) is 10.9. The Morgan fingerprint density at radius 2 is 1.58 bits per heavy atom. The molecule has 0 aromatic heterocycles. The van der Waals surface area contributed by atoms with Crippen molar-refractivity contribution >= 4 is 25.0 Å². The normalized spacial score (nSPS) is 13.6. The molecule has 1 rings (SSSR count). The van der Waals surface area contributed by atoms with Gasteiger partial charge in [0.15, 0.2) is 0 Å². The van der Waals surface area contributed by atoms with E-state index in [2.05, 4.69) is 5.32 Å². The number of hydrogen-bond donors (Lipinski definition) is 2. The van der Waals surface area contributed by atoms with Crippen LogP contribution in [0.5, 0.6) is 0 Å². The SMILES string of the molecule is CC(C)OC(=O)[C@H](Cc1ccc([BH2-]OC(C)(C)C(C)(C)O)cc1)NC(=O)OC(C)(C)C. The van der Waals surface area contributed by atoms with Crippen LogP contribution in [0, 0.1) is 0 Å². The Kier molecular flexibility index (Phi) is 9.14. The molecule has 0 aliphatic carbocycles. The molecular formula is C23H39BNO6-. The first-order valence-electron chi connectivity index (χ1n) is 10.9. The molecule has 1 aromatic carbocycles. The Balaban J connectivity index is 2.85. The quantitative estimate of drug-likeness (QED) is 0.456. The molecule has 0 aliphatic rings. The van der Waals surface area contributed by atoms with E-state index in [0.717, 1.165) is 11.0 Å². The predicted octanol–water partition coefficient (Wildman–Crippen LogP) is 2.35. The molecular weight excluding hydrogens is 397 g/mol. The summed E-state index contributed by atoms with van der Waals surface area (Å²) in [5.41, 5.74) is -0.344. The number of esters is 1. The van der Waals surface area contributed by atoms with Crippen LogP contribution in [0.25, 0.3) is 0 Å². The van der Waals surface area contributed by atoms with E-state index >= 15 is 0 Å². The van der Waals surface area contributed by atoms with Crippen molar-refractivity contribution in [2.45, 2.75) is 97.7 Å². The maximum atomic E-state index is 12.5. The van der Waals surface area contributed by atoms with Gasteiger partial charge in [-0.3, -0.25) is 0 Å². The standard InChI is InChI=1S/C23H39BNO6/c1-15(2)29-19(26)18(25-20(27)30-21(3,4)5)14-16-10-12-17(13-11-16)24-31-23(8,9)22(6,7)28/h10-13,15,18,28H,14,24H2,1-9H3,(H,25,27)/q-1/t18-/m0/s1. The van der Waals surface area contributed by atoms with Gasteiger partial charge in [0.2, 0.25) is 0 Å². The van der Waals surface area contributed by atoms with Crippen LogP contribution in [0.2, 0.25) is 0 Å². The lowest BCUT2D eigenvalue weighted by Crippen LogP contribution is -2.49. The van der Waals surface area contributed by atoms with Gasteiger partial charge in [0.05, 0.1) is 11.7 Å². The second-order valence-electron chi connectivity index (χ2n) is 10.4. The number of nitrogens with one attached hydrogen (secondary N) is 1. The van der Waals surface area contributed by atoms with E-state index in [1.807, 2.05) is 38.1 Å². The minimum Gasteiger partial charge on any atom is -0.585 e. The largest absolute Gasteiger partial charge is 0.585 e. The van der Waals surface area contributed by atoms with Gasteiger partial charge in [0.25, 0.3) is 0 Å². The average Bonchev–Trinajstić information content (AvgIpc) is 2.57. The summed E-state index contributed by atoms with van der Waals surface area (Å²) in [4.78, 5) is 24.7. The van der Waals surface area contributed by atoms with Gasteiger partial charge in [-0.25, -0.2) is 9.59 Å². The van der Waals surface area contributed by atoms with Gasteiger partial charge in [-0.05, 0) is 67.9 Å². The van der Waals surface area contributed by atoms with Crippen molar-refractivity contribution in [3.05, 3.63) is 29.8 Å². The number of ether oxygens (including phenoxy) is 2. The molecule has 1 aromatic rings. The number of benzene rings is 1. The fourth-order valence-electron chi connectivity index (χ4n) is 2.68. The molecule has 7 nitrogen and oxygen atoms in total. The molecule has 0 aliphatic heterocycles. The van der Waals surface area contributed by atoms with E-state index in [4.69, 9.17) is 14.1 Å². The Morgan fingerprint density at radius 1 is 1.03 bits per heavy atom. The Bertz CT molecular complexity index is 732. The Labute approximate surface area is 187 Å². The van der Waals surface area contributed by atoms with Gasteiger partial charge >= 0.3 is 12.1 Å². The third-order valence-corrected chi connectivity index (χ3v) is 5.21. The first-order chi connectivity index (χ1) is 14.0. The third-order valence-electron chi connectivity index (χ3n) is 5.21. The maximum Gasteiger partial charge on any atom is 0.408 e. The number of carbonyl (C=O) groups excluding carboxylic acids is 2. The number of carbonyl (C=O) groups is 2. The summed E-state index contributed by atoms with van der Waals surface area (Å²) in [5, 5.41) is 12.9. The monoisotopic (exact) mass is 436 g/mol. The Hall–Kier alpha value is -2.06. The molecule has 0 spiro atoms. The van der Waals surface area contributed by atoms with Crippen LogP contribution >= 0.6 is 0 Å². The van der Waals surface area contributed by atoms with Crippen LogP contribution < -0.4 is 10.8 Å². The number of hydrogen-bond acceptors (Lipinski definition) is 6. The van der Waals surface area contributed by atoms with E-state index in [1.54, 1.807) is 48.5 Å². The summed E-state index contributed by atoms with van der Waals surface area (Å²) in [7, 11) is -0.909. The van der Waals surface area contributed by atoms with Crippen LogP contribution in [-0.4, -0.2) is 53.6 Å². The van der Waals surface area contributed by atoms with Crippen LogP contribution in [-0.2, 0) is 25.3 Å². The molecule has 31 heavy (non-hydrogen) atoms. The second-order valence-corrected chi connectivity index (χ2v) is 10.4. The lowest BCUT2D eigenvalue weighted by molar-refractivity contribution is -0.149. The molecule has 0 unspecified atom stereocenters. The summed E-state index contributed by atoms with van der Waals surface area (Å²) < 4.78 is 16.6. The van der Waals surface area contributed by atoms with Crippen LogP contribution in [0.1, 0.15) is 67.9 Å². The maximum absolute atomic E-state index is 12.5.